The highest BCUT2D eigenvalue weighted by Crippen LogP contribution is 2.29. The van der Waals surface area contributed by atoms with Crippen molar-refractivity contribution in [1.82, 2.24) is 14.8 Å². The van der Waals surface area contributed by atoms with Gasteiger partial charge in [0.05, 0.1) is 35.2 Å². The second-order valence-corrected chi connectivity index (χ2v) is 8.03. The molecular formula is C20H21N5O5S. The highest BCUT2D eigenvalue weighted by molar-refractivity contribution is 7.99. The first-order chi connectivity index (χ1) is 15.0. The van der Waals surface area contributed by atoms with Crippen molar-refractivity contribution in [3.8, 4) is 11.4 Å². The SMILES string of the molecule is Cc1occc1-c1nnc(SCC(=O)Nc2ccc([N+](=O)[O-])cc2)n1C[C@@H]1CCCO1. The predicted octanol–water partition coefficient (Wildman–Crippen LogP) is 3.66. The smallest absolute Gasteiger partial charge is 0.269 e. The number of nitrogens with zero attached hydrogens (tertiary/aromatic N) is 4. The average molecular weight is 443 g/mol. The number of anilines is 1. The van der Waals surface area contributed by atoms with E-state index in [0.29, 0.717) is 23.2 Å². The Labute approximate surface area is 182 Å². The Morgan fingerprint density at radius 1 is 1.32 bits per heavy atom. The van der Waals surface area contributed by atoms with E-state index in [4.69, 9.17) is 9.15 Å². The van der Waals surface area contributed by atoms with Crippen LogP contribution in [0.5, 0.6) is 0 Å². The molecule has 1 fully saturated rings. The highest BCUT2D eigenvalue weighted by Gasteiger charge is 2.23. The van der Waals surface area contributed by atoms with E-state index in [0.717, 1.165) is 30.8 Å². The maximum absolute atomic E-state index is 12.4. The molecule has 0 spiro atoms. The minimum atomic E-state index is -0.484. The summed E-state index contributed by atoms with van der Waals surface area (Å²) < 4.78 is 13.2. The Hall–Kier alpha value is -3.18. The largest absolute Gasteiger partial charge is 0.469 e. The number of non-ortho nitro benzene ring substituents is 1. The quantitative estimate of drug-likeness (QED) is 0.318. The zero-order chi connectivity index (χ0) is 21.8. The molecule has 1 aliphatic heterocycles. The Balaban J connectivity index is 1.45. The van der Waals surface area contributed by atoms with Crippen LogP contribution >= 0.6 is 11.8 Å². The van der Waals surface area contributed by atoms with E-state index in [2.05, 4.69) is 15.5 Å². The van der Waals surface area contributed by atoms with E-state index in [9.17, 15) is 14.9 Å². The molecule has 1 aliphatic rings. The number of furan rings is 1. The van der Waals surface area contributed by atoms with Crippen LogP contribution < -0.4 is 5.32 Å². The van der Waals surface area contributed by atoms with Gasteiger partial charge in [-0.2, -0.15) is 0 Å². The lowest BCUT2D eigenvalue weighted by Gasteiger charge is -2.14. The van der Waals surface area contributed by atoms with Crippen LogP contribution in [-0.4, -0.2) is 44.1 Å². The minimum Gasteiger partial charge on any atom is -0.469 e. The van der Waals surface area contributed by atoms with Crippen LogP contribution in [0.3, 0.4) is 0 Å². The number of thioether (sulfide) groups is 1. The van der Waals surface area contributed by atoms with Gasteiger partial charge in [0.15, 0.2) is 11.0 Å². The molecule has 3 aromatic rings. The van der Waals surface area contributed by atoms with Crippen LogP contribution in [0.1, 0.15) is 18.6 Å². The fraction of sp³-hybridized carbons (Fsp3) is 0.350. The van der Waals surface area contributed by atoms with Crippen LogP contribution in [0.4, 0.5) is 11.4 Å². The fourth-order valence-corrected chi connectivity index (χ4v) is 4.11. The van der Waals surface area contributed by atoms with Gasteiger partial charge in [-0.3, -0.25) is 19.5 Å². The molecule has 162 valence electrons. The molecule has 4 rings (SSSR count). The molecule has 1 N–H and O–H groups in total. The molecule has 0 radical (unpaired) electrons. The predicted molar refractivity (Wildman–Crippen MR) is 114 cm³/mol. The number of hydrogen-bond acceptors (Lipinski definition) is 8. The molecule has 31 heavy (non-hydrogen) atoms. The van der Waals surface area contributed by atoms with E-state index in [1.54, 1.807) is 6.26 Å². The number of ether oxygens (including phenoxy) is 1. The maximum atomic E-state index is 12.4. The molecule has 0 unspecified atom stereocenters. The van der Waals surface area contributed by atoms with E-state index in [1.165, 1.54) is 36.0 Å². The number of benzene rings is 1. The van der Waals surface area contributed by atoms with E-state index < -0.39 is 4.92 Å². The van der Waals surface area contributed by atoms with Gasteiger partial charge in [-0.15, -0.1) is 10.2 Å². The molecule has 2 aromatic heterocycles. The van der Waals surface area contributed by atoms with Crippen molar-refractivity contribution in [2.24, 2.45) is 0 Å². The van der Waals surface area contributed by atoms with Gasteiger partial charge < -0.3 is 14.5 Å². The number of carbonyl (C=O) groups excluding carboxylic acids is 1. The third kappa shape index (κ3) is 4.94. The molecule has 1 saturated heterocycles. The minimum absolute atomic E-state index is 0.0309. The molecule has 0 saturated carbocycles. The van der Waals surface area contributed by atoms with Crippen molar-refractivity contribution < 1.29 is 18.9 Å². The molecule has 10 nitrogen and oxygen atoms in total. The van der Waals surface area contributed by atoms with Gasteiger partial charge in [-0.05, 0) is 38.0 Å². The molecule has 1 amide bonds. The third-order valence-corrected chi connectivity index (χ3v) is 5.89. The second kappa shape index (κ2) is 9.31. The number of aromatic nitrogens is 3. The molecule has 3 heterocycles. The van der Waals surface area contributed by atoms with Crippen LogP contribution in [0.15, 0.2) is 46.2 Å². The van der Waals surface area contributed by atoms with Crippen LogP contribution in [-0.2, 0) is 16.1 Å². The van der Waals surface area contributed by atoms with Gasteiger partial charge in [0.1, 0.15) is 5.76 Å². The zero-order valence-corrected chi connectivity index (χ0v) is 17.6. The first-order valence-electron chi connectivity index (χ1n) is 9.77. The number of nitro benzene ring substituents is 1. The summed E-state index contributed by atoms with van der Waals surface area (Å²) in [4.78, 5) is 22.6. The molecule has 0 aliphatic carbocycles. The van der Waals surface area contributed by atoms with Crippen molar-refractivity contribution in [1.29, 1.82) is 0 Å². The fourth-order valence-electron chi connectivity index (χ4n) is 3.36. The Morgan fingerprint density at radius 2 is 2.13 bits per heavy atom. The Bertz CT molecular complexity index is 1070. The van der Waals surface area contributed by atoms with Gasteiger partial charge >= 0.3 is 0 Å². The summed E-state index contributed by atoms with van der Waals surface area (Å²) in [6, 6.07) is 7.54. The molecule has 11 heteroatoms. The van der Waals surface area contributed by atoms with Crippen LogP contribution in [0.25, 0.3) is 11.4 Å². The third-order valence-electron chi connectivity index (χ3n) is 4.92. The highest BCUT2D eigenvalue weighted by atomic mass is 32.2. The summed E-state index contributed by atoms with van der Waals surface area (Å²) in [5.41, 5.74) is 1.32. The number of aryl methyl sites for hydroxylation is 1. The molecular weight excluding hydrogens is 422 g/mol. The Morgan fingerprint density at radius 3 is 2.77 bits per heavy atom. The summed E-state index contributed by atoms with van der Waals surface area (Å²) in [6.07, 6.45) is 3.68. The average Bonchev–Trinajstić information content (AvgIpc) is 3.49. The second-order valence-electron chi connectivity index (χ2n) is 7.08. The molecule has 1 atom stereocenters. The van der Waals surface area contributed by atoms with Crippen molar-refractivity contribution in [3.05, 3.63) is 52.5 Å². The van der Waals surface area contributed by atoms with Gasteiger partial charge in [0.25, 0.3) is 5.69 Å². The first-order valence-corrected chi connectivity index (χ1v) is 10.8. The van der Waals surface area contributed by atoms with Gasteiger partial charge in [0, 0.05) is 24.4 Å². The zero-order valence-electron chi connectivity index (χ0n) is 16.8. The van der Waals surface area contributed by atoms with Gasteiger partial charge in [0.2, 0.25) is 5.91 Å². The Kier molecular flexibility index (Phi) is 6.33. The van der Waals surface area contributed by atoms with E-state index in [1.807, 2.05) is 17.6 Å². The monoisotopic (exact) mass is 443 g/mol. The lowest BCUT2D eigenvalue weighted by atomic mass is 10.2. The summed E-state index contributed by atoms with van der Waals surface area (Å²) in [5, 5.41) is 22.7. The van der Waals surface area contributed by atoms with E-state index in [-0.39, 0.29) is 23.5 Å². The molecule has 1 aromatic carbocycles. The summed E-state index contributed by atoms with van der Waals surface area (Å²) in [5.74, 6) is 1.30. The van der Waals surface area contributed by atoms with Gasteiger partial charge in [-0.25, -0.2) is 0 Å². The number of hydrogen-bond donors (Lipinski definition) is 1. The van der Waals surface area contributed by atoms with Crippen molar-refractivity contribution in [2.45, 2.75) is 37.6 Å². The maximum Gasteiger partial charge on any atom is 0.269 e. The number of rotatable bonds is 8. The normalized spacial score (nSPS) is 15.8. The topological polar surface area (TPSA) is 125 Å². The number of carbonyl (C=O) groups is 1. The summed E-state index contributed by atoms with van der Waals surface area (Å²) in [7, 11) is 0. The van der Waals surface area contributed by atoms with E-state index >= 15 is 0 Å². The molecule has 0 bridgehead atoms. The van der Waals surface area contributed by atoms with Crippen molar-refractivity contribution in [2.75, 3.05) is 17.7 Å². The first kappa shape index (κ1) is 21.1. The lowest BCUT2D eigenvalue weighted by Crippen LogP contribution is -2.18. The summed E-state index contributed by atoms with van der Waals surface area (Å²) in [6.45, 7) is 3.21. The van der Waals surface area contributed by atoms with Gasteiger partial charge in [-0.1, -0.05) is 11.8 Å². The van der Waals surface area contributed by atoms with Crippen LogP contribution in [0.2, 0.25) is 0 Å². The number of nitro groups is 1. The van der Waals surface area contributed by atoms with Crippen molar-refractivity contribution >= 4 is 29.0 Å². The summed E-state index contributed by atoms with van der Waals surface area (Å²) >= 11 is 1.27. The van der Waals surface area contributed by atoms with Crippen LogP contribution in [0, 0.1) is 17.0 Å². The van der Waals surface area contributed by atoms with Crippen molar-refractivity contribution in [3.63, 3.8) is 0 Å². The standard InChI is InChI=1S/C20H21N5O5S/c1-13-17(8-10-29-13)19-22-23-20(24(19)11-16-3-2-9-30-16)31-12-18(26)21-14-4-6-15(7-5-14)25(27)28/h4-8,10,16H,2-3,9,11-12H2,1H3,(H,21,26)/t16-/m0/s1. The number of amides is 1. The lowest BCUT2D eigenvalue weighted by molar-refractivity contribution is -0.384. The number of nitrogens with one attached hydrogen (secondary N) is 1.